The molecule has 1 amide bonds. The molecule has 3 heterocycles. The maximum atomic E-state index is 13.8. The van der Waals surface area contributed by atoms with Crippen molar-refractivity contribution in [1.82, 2.24) is 15.4 Å². The lowest BCUT2D eigenvalue weighted by Crippen LogP contribution is -2.34. The number of benzene rings is 2. The molecule has 0 spiro atoms. The summed E-state index contributed by atoms with van der Waals surface area (Å²) in [6.45, 7) is 3.18. The van der Waals surface area contributed by atoms with Crippen LogP contribution in [0.4, 0.5) is 5.69 Å². The molecule has 0 saturated carbocycles. The second-order valence-electron chi connectivity index (χ2n) is 8.89. The van der Waals surface area contributed by atoms with Gasteiger partial charge >= 0.3 is 5.97 Å². The van der Waals surface area contributed by atoms with Crippen molar-refractivity contribution >= 4 is 17.6 Å². The molecule has 9 nitrogen and oxygen atoms in total. The van der Waals surface area contributed by atoms with Crippen molar-refractivity contribution in [2.24, 2.45) is 0 Å². The minimum atomic E-state index is -1.31. The smallest absolute Gasteiger partial charge is 0.315 e. The predicted molar refractivity (Wildman–Crippen MR) is 122 cm³/mol. The number of hydrogen-bond acceptors (Lipinski definition) is 6. The Balaban J connectivity index is 1.62. The number of amides is 1. The number of H-pyrrole nitrogens is 1. The second-order valence-corrected chi connectivity index (χ2v) is 8.89. The predicted octanol–water partition coefficient (Wildman–Crippen LogP) is 4.17. The van der Waals surface area contributed by atoms with Gasteiger partial charge in [0.2, 0.25) is 0 Å². The number of rotatable bonds is 5. The minimum Gasteiger partial charge on any atom is -0.496 e. The number of methoxy groups -OCH3 is 1. The normalized spacial score (nSPS) is 16.0. The molecule has 0 bridgehead atoms. The molecule has 9 heteroatoms. The van der Waals surface area contributed by atoms with E-state index in [1.807, 2.05) is 42.5 Å². The highest BCUT2D eigenvalue weighted by Crippen LogP contribution is 2.55. The van der Waals surface area contributed by atoms with Gasteiger partial charge in [-0.15, -0.1) is 0 Å². The number of carboxylic acids is 1. The molecule has 34 heavy (non-hydrogen) atoms. The van der Waals surface area contributed by atoms with Crippen LogP contribution in [0.25, 0.3) is 22.4 Å². The molecule has 2 aromatic carbocycles. The Morgan fingerprint density at radius 1 is 1.15 bits per heavy atom. The molecule has 0 fully saturated rings. The highest BCUT2D eigenvalue weighted by Gasteiger charge is 2.49. The zero-order valence-electron chi connectivity index (χ0n) is 18.6. The Morgan fingerprint density at radius 2 is 1.94 bits per heavy atom. The van der Waals surface area contributed by atoms with Gasteiger partial charge in [0.25, 0.3) is 5.91 Å². The number of fused-ring (bicyclic) bond motifs is 5. The summed E-state index contributed by atoms with van der Waals surface area (Å²) in [5.41, 5.74) is 4.49. The van der Waals surface area contributed by atoms with E-state index in [0.29, 0.717) is 28.4 Å². The van der Waals surface area contributed by atoms with Crippen LogP contribution in [0.5, 0.6) is 5.75 Å². The van der Waals surface area contributed by atoms with Crippen molar-refractivity contribution in [3.05, 3.63) is 71.2 Å². The van der Waals surface area contributed by atoms with Crippen LogP contribution in [0.2, 0.25) is 0 Å². The quantitative estimate of drug-likeness (QED) is 0.407. The topological polar surface area (TPSA) is 122 Å². The van der Waals surface area contributed by atoms with Crippen molar-refractivity contribution in [3.8, 4) is 28.1 Å². The number of carbonyl (C=O) groups is 2. The van der Waals surface area contributed by atoms with Crippen LogP contribution < -0.4 is 9.64 Å². The minimum absolute atomic E-state index is 0.192. The van der Waals surface area contributed by atoms with E-state index in [1.165, 1.54) is 0 Å². The van der Waals surface area contributed by atoms with Gasteiger partial charge in [-0.25, -0.2) is 0 Å². The Bertz CT molecular complexity index is 1500. The third-order valence-electron chi connectivity index (χ3n) is 6.75. The fourth-order valence-electron chi connectivity index (χ4n) is 4.92. The van der Waals surface area contributed by atoms with Crippen molar-refractivity contribution in [2.75, 3.05) is 12.0 Å². The fraction of sp³-hybridized carbons (Fsp3) is 0.200. The van der Waals surface area contributed by atoms with E-state index in [4.69, 9.17) is 9.26 Å². The van der Waals surface area contributed by atoms with Crippen LogP contribution in [0.3, 0.4) is 0 Å². The molecule has 1 aliphatic carbocycles. The number of anilines is 1. The van der Waals surface area contributed by atoms with Crippen LogP contribution >= 0.6 is 0 Å². The first-order valence-electron chi connectivity index (χ1n) is 10.7. The molecule has 1 aliphatic heterocycles. The molecule has 0 radical (unpaired) electrons. The molecule has 2 N–H and O–H groups in total. The molecule has 1 atom stereocenters. The van der Waals surface area contributed by atoms with E-state index in [0.717, 1.165) is 22.3 Å². The summed E-state index contributed by atoms with van der Waals surface area (Å²) in [6, 6.07) is 12.4. The summed E-state index contributed by atoms with van der Waals surface area (Å²) in [5, 5.41) is 21.2. The number of nitrogens with one attached hydrogen (secondary N) is 1. The Morgan fingerprint density at radius 3 is 2.71 bits per heavy atom. The van der Waals surface area contributed by atoms with Crippen LogP contribution in [0, 0.1) is 0 Å². The fourth-order valence-corrected chi connectivity index (χ4v) is 4.92. The zero-order valence-corrected chi connectivity index (χ0v) is 18.6. The third kappa shape index (κ3) is 2.43. The summed E-state index contributed by atoms with van der Waals surface area (Å²) < 4.78 is 10.8. The number of para-hydroxylation sites is 1. The Kier molecular flexibility index (Phi) is 4.05. The average molecular weight is 456 g/mol. The van der Waals surface area contributed by atoms with Crippen molar-refractivity contribution < 1.29 is 24.0 Å². The van der Waals surface area contributed by atoms with Gasteiger partial charge in [-0.3, -0.25) is 19.6 Å². The zero-order chi connectivity index (χ0) is 23.8. The number of aliphatic carboxylic acids is 1. The van der Waals surface area contributed by atoms with Crippen LogP contribution in [-0.2, 0) is 10.2 Å². The molecular formula is C25H20N4O5. The Labute approximate surface area is 193 Å². The molecule has 1 unspecified atom stereocenters. The standard InChI is InChI=1S/C25H20N4O5/c1-25(2,24(31)32)22-18-20(26-27-22)23(30)29(21(18)13-7-4-5-10-16(13)33-3)15-9-6-8-12-14-11-34-28-19(14)17(12)15/h4-11,21H,1-3H3,(H,26,27)(H,31,32). The van der Waals surface area contributed by atoms with Gasteiger partial charge in [0.15, 0.2) is 5.69 Å². The molecule has 2 aromatic heterocycles. The van der Waals surface area contributed by atoms with Crippen molar-refractivity contribution in [3.63, 3.8) is 0 Å². The van der Waals surface area contributed by atoms with E-state index in [1.54, 1.807) is 32.1 Å². The summed E-state index contributed by atoms with van der Waals surface area (Å²) in [4.78, 5) is 27.6. The van der Waals surface area contributed by atoms with Crippen molar-refractivity contribution in [1.29, 1.82) is 0 Å². The van der Waals surface area contributed by atoms with Gasteiger partial charge in [-0.05, 0) is 31.5 Å². The first kappa shape index (κ1) is 20.2. The summed E-state index contributed by atoms with van der Waals surface area (Å²) >= 11 is 0. The maximum absolute atomic E-state index is 13.8. The molecule has 170 valence electrons. The largest absolute Gasteiger partial charge is 0.496 e. The molecule has 6 rings (SSSR count). The lowest BCUT2D eigenvalue weighted by atomic mass is 9.82. The molecular weight excluding hydrogens is 436 g/mol. The summed E-state index contributed by atoms with van der Waals surface area (Å²) in [5.74, 6) is -0.782. The van der Waals surface area contributed by atoms with Gasteiger partial charge < -0.3 is 14.4 Å². The number of carbonyl (C=O) groups excluding carboxylic acids is 1. The lowest BCUT2D eigenvalue weighted by molar-refractivity contribution is -0.142. The molecule has 2 aliphatic rings. The number of nitrogens with zero attached hydrogens (tertiary/aromatic N) is 3. The number of aromatic amines is 1. The van der Waals surface area contributed by atoms with Gasteiger partial charge in [0, 0.05) is 16.7 Å². The lowest BCUT2D eigenvalue weighted by Gasteiger charge is -2.32. The van der Waals surface area contributed by atoms with E-state index >= 15 is 0 Å². The summed E-state index contributed by atoms with van der Waals surface area (Å²) in [7, 11) is 1.56. The van der Waals surface area contributed by atoms with Gasteiger partial charge in [0.05, 0.1) is 30.1 Å². The van der Waals surface area contributed by atoms with Crippen LogP contribution in [0.1, 0.15) is 47.2 Å². The van der Waals surface area contributed by atoms with E-state index in [-0.39, 0.29) is 11.6 Å². The van der Waals surface area contributed by atoms with Crippen molar-refractivity contribution in [2.45, 2.75) is 25.3 Å². The highest BCUT2D eigenvalue weighted by molar-refractivity contribution is 6.16. The number of hydrogen-bond donors (Lipinski definition) is 2. The van der Waals surface area contributed by atoms with Gasteiger partial charge in [-0.2, -0.15) is 5.10 Å². The van der Waals surface area contributed by atoms with E-state index < -0.39 is 17.4 Å². The monoisotopic (exact) mass is 456 g/mol. The van der Waals surface area contributed by atoms with Gasteiger partial charge in [-0.1, -0.05) is 35.5 Å². The summed E-state index contributed by atoms with van der Waals surface area (Å²) in [6.07, 6.45) is 1.59. The third-order valence-corrected chi connectivity index (χ3v) is 6.75. The average Bonchev–Trinajstić information content (AvgIpc) is 3.51. The SMILES string of the molecule is COc1ccccc1C1c2c(n[nH]c2C(C)(C)C(=O)O)C(=O)N1c1cccc2c1-c1nocc1-2. The number of ether oxygens (including phenoxy) is 1. The second kappa shape index (κ2) is 6.80. The number of aromatic nitrogens is 3. The highest BCUT2D eigenvalue weighted by atomic mass is 16.5. The Hall–Kier alpha value is -4.40. The van der Waals surface area contributed by atoms with Crippen LogP contribution in [0.15, 0.2) is 53.3 Å². The first-order valence-corrected chi connectivity index (χ1v) is 10.7. The maximum Gasteiger partial charge on any atom is 0.315 e. The van der Waals surface area contributed by atoms with Crippen LogP contribution in [-0.4, -0.2) is 39.4 Å². The van der Waals surface area contributed by atoms with E-state index in [9.17, 15) is 14.7 Å². The van der Waals surface area contributed by atoms with Gasteiger partial charge in [0.1, 0.15) is 23.1 Å². The number of carboxylic acid groups (broad SMARTS) is 1. The first-order chi connectivity index (χ1) is 16.4. The van der Waals surface area contributed by atoms with E-state index in [2.05, 4.69) is 15.4 Å². The molecule has 4 aromatic rings. The molecule has 0 saturated heterocycles.